The van der Waals surface area contributed by atoms with Crippen LogP contribution in [0.1, 0.15) is 43.4 Å². The lowest BCUT2D eigenvalue weighted by Gasteiger charge is -2.34. The van der Waals surface area contributed by atoms with Gasteiger partial charge in [0.05, 0.1) is 12.6 Å². The summed E-state index contributed by atoms with van der Waals surface area (Å²) >= 11 is 0. The lowest BCUT2D eigenvalue weighted by atomic mass is 9.96. The second-order valence-corrected chi connectivity index (χ2v) is 8.12. The third kappa shape index (κ3) is 6.64. The number of nitrogens with zero attached hydrogens (tertiary/aromatic N) is 2. The number of benzene rings is 2. The van der Waals surface area contributed by atoms with E-state index >= 15 is 0 Å². The first-order chi connectivity index (χ1) is 15.1. The van der Waals surface area contributed by atoms with Crippen molar-refractivity contribution in [1.82, 2.24) is 15.1 Å². The van der Waals surface area contributed by atoms with Gasteiger partial charge in [0.2, 0.25) is 11.8 Å². The zero-order valence-electron chi connectivity index (χ0n) is 18.2. The van der Waals surface area contributed by atoms with Gasteiger partial charge in [0.25, 0.3) is 0 Å². The molecule has 166 valence electrons. The first kappa shape index (κ1) is 23.0. The molecule has 2 N–H and O–H groups in total. The Kier molecular flexibility index (Phi) is 8.62. The summed E-state index contributed by atoms with van der Waals surface area (Å²) in [5, 5.41) is 12.6. The van der Waals surface area contributed by atoms with E-state index < -0.39 is 0 Å². The van der Waals surface area contributed by atoms with Crippen LogP contribution in [-0.2, 0) is 9.59 Å². The van der Waals surface area contributed by atoms with Gasteiger partial charge in [-0.15, -0.1) is 0 Å². The Balaban J connectivity index is 1.73. The highest BCUT2D eigenvalue weighted by molar-refractivity contribution is 5.78. The summed E-state index contributed by atoms with van der Waals surface area (Å²) < 4.78 is 0. The summed E-state index contributed by atoms with van der Waals surface area (Å²) in [6, 6.07) is 20.4. The molecule has 2 amide bonds. The molecule has 1 aliphatic heterocycles. The first-order valence-electron chi connectivity index (χ1n) is 11.1. The van der Waals surface area contributed by atoms with Crippen LogP contribution in [0.5, 0.6) is 0 Å². The van der Waals surface area contributed by atoms with Crippen LogP contribution in [0.3, 0.4) is 0 Å². The van der Waals surface area contributed by atoms with Crippen molar-refractivity contribution in [2.45, 2.75) is 38.3 Å². The summed E-state index contributed by atoms with van der Waals surface area (Å²) in [5.74, 6) is 0.0737. The molecular weight excluding hydrogens is 390 g/mol. The Bertz CT molecular complexity index is 781. The van der Waals surface area contributed by atoms with Gasteiger partial charge in [0.1, 0.15) is 0 Å². The van der Waals surface area contributed by atoms with Crippen molar-refractivity contribution < 1.29 is 14.7 Å². The molecular formula is C25H33N3O3. The molecule has 0 aliphatic carbocycles. The Labute approximate surface area is 184 Å². The molecule has 1 saturated heterocycles. The molecule has 0 aromatic heterocycles. The van der Waals surface area contributed by atoms with Gasteiger partial charge in [-0.1, -0.05) is 60.7 Å². The minimum atomic E-state index is -0.0701. The number of piperidine rings is 1. The van der Waals surface area contributed by atoms with E-state index in [9.17, 15) is 14.7 Å². The third-order valence-corrected chi connectivity index (χ3v) is 5.85. The molecule has 0 saturated carbocycles. The van der Waals surface area contributed by atoms with E-state index in [0.717, 1.165) is 24.0 Å². The molecule has 2 aromatic carbocycles. The lowest BCUT2D eigenvalue weighted by molar-refractivity contribution is -0.130. The summed E-state index contributed by atoms with van der Waals surface area (Å²) in [6.07, 6.45) is 2.16. The van der Waals surface area contributed by atoms with Gasteiger partial charge in [-0.3, -0.25) is 14.5 Å². The smallest absolute Gasteiger partial charge is 0.234 e. The van der Waals surface area contributed by atoms with E-state index in [1.54, 1.807) is 6.92 Å². The number of carbonyl (C=O) groups is 2. The molecule has 1 aliphatic rings. The molecule has 0 atom stereocenters. The Hall–Kier alpha value is -2.70. The van der Waals surface area contributed by atoms with E-state index in [0.29, 0.717) is 26.1 Å². The zero-order chi connectivity index (χ0) is 22.1. The monoisotopic (exact) mass is 423 g/mol. The topological polar surface area (TPSA) is 72.9 Å². The largest absolute Gasteiger partial charge is 0.396 e. The average Bonchev–Trinajstić information content (AvgIpc) is 2.79. The van der Waals surface area contributed by atoms with E-state index in [1.165, 1.54) is 0 Å². The van der Waals surface area contributed by atoms with Gasteiger partial charge < -0.3 is 15.3 Å². The third-order valence-electron chi connectivity index (χ3n) is 5.85. The molecule has 0 radical (unpaired) electrons. The number of aliphatic hydroxyl groups is 1. The van der Waals surface area contributed by atoms with E-state index in [4.69, 9.17) is 0 Å². The van der Waals surface area contributed by atoms with Gasteiger partial charge in [0.15, 0.2) is 0 Å². The number of aliphatic hydroxyl groups excluding tert-OH is 1. The fraction of sp³-hybridized carbons (Fsp3) is 0.440. The molecule has 3 rings (SSSR count). The Morgan fingerprint density at radius 2 is 1.58 bits per heavy atom. The first-order valence-corrected chi connectivity index (χ1v) is 11.1. The number of carbonyl (C=O) groups excluding carboxylic acids is 2. The van der Waals surface area contributed by atoms with Crippen molar-refractivity contribution in [2.24, 2.45) is 0 Å². The number of hydrogen-bond donors (Lipinski definition) is 2. The predicted molar refractivity (Wildman–Crippen MR) is 121 cm³/mol. The molecule has 0 bridgehead atoms. The highest BCUT2D eigenvalue weighted by Gasteiger charge is 2.26. The standard InChI is InChI=1S/C25H33N3O3/c1-20(30)27-16-13-23(14-17-27)26-24(31)19-28(15-8-18-29)25(21-9-4-2-5-10-21)22-11-6-3-7-12-22/h2-7,9-12,23,25,29H,8,13-19H2,1H3,(H,26,31). The normalized spacial score (nSPS) is 14.8. The van der Waals surface area contributed by atoms with Gasteiger partial charge in [-0.2, -0.15) is 0 Å². The number of hydrogen-bond acceptors (Lipinski definition) is 4. The SMILES string of the molecule is CC(=O)N1CCC(NC(=O)CN(CCCO)C(c2ccccc2)c2ccccc2)CC1. The van der Waals surface area contributed by atoms with Crippen LogP contribution in [0, 0.1) is 0 Å². The van der Waals surface area contributed by atoms with Crippen LogP contribution < -0.4 is 5.32 Å². The molecule has 0 unspecified atom stereocenters. The zero-order valence-corrected chi connectivity index (χ0v) is 18.2. The summed E-state index contributed by atoms with van der Waals surface area (Å²) in [5.41, 5.74) is 2.24. The molecule has 31 heavy (non-hydrogen) atoms. The van der Waals surface area contributed by atoms with Gasteiger partial charge in [-0.05, 0) is 30.4 Å². The maximum absolute atomic E-state index is 13.0. The van der Waals surface area contributed by atoms with E-state index in [2.05, 4.69) is 34.5 Å². The quantitative estimate of drug-likeness (QED) is 0.650. The fourth-order valence-electron chi connectivity index (χ4n) is 4.25. The Morgan fingerprint density at radius 1 is 1.03 bits per heavy atom. The molecule has 1 heterocycles. The Morgan fingerprint density at radius 3 is 2.06 bits per heavy atom. The molecule has 6 heteroatoms. The number of rotatable bonds is 9. The van der Waals surface area contributed by atoms with Crippen molar-refractivity contribution >= 4 is 11.8 Å². The summed E-state index contributed by atoms with van der Waals surface area (Å²) in [7, 11) is 0. The number of likely N-dealkylation sites (tertiary alicyclic amines) is 1. The second kappa shape index (κ2) is 11.6. The van der Waals surface area contributed by atoms with Gasteiger partial charge in [-0.25, -0.2) is 0 Å². The minimum Gasteiger partial charge on any atom is -0.396 e. The number of amides is 2. The maximum atomic E-state index is 13.0. The van der Waals surface area contributed by atoms with Crippen LogP contribution in [0.15, 0.2) is 60.7 Å². The van der Waals surface area contributed by atoms with E-state index in [1.807, 2.05) is 41.3 Å². The molecule has 2 aromatic rings. The van der Waals surface area contributed by atoms with Crippen LogP contribution in [-0.4, -0.2) is 65.5 Å². The summed E-state index contributed by atoms with van der Waals surface area (Å²) in [6.45, 7) is 3.90. The van der Waals surface area contributed by atoms with Crippen molar-refractivity contribution in [2.75, 3.05) is 32.8 Å². The molecule has 6 nitrogen and oxygen atoms in total. The second-order valence-electron chi connectivity index (χ2n) is 8.12. The van der Waals surface area contributed by atoms with Crippen LogP contribution in [0.4, 0.5) is 0 Å². The molecule has 1 fully saturated rings. The minimum absolute atomic E-state index is 0.0175. The van der Waals surface area contributed by atoms with Crippen LogP contribution >= 0.6 is 0 Å². The van der Waals surface area contributed by atoms with Gasteiger partial charge >= 0.3 is 0 Å². The van der Waals surface area contributed by atoms with E-state index in [-0.39, 0.29) is 37.0 Å². The van der Waals surface area contributed by atoms with Crippen molar-refractivity contribution in [3.05, 3.63) is 71.8 Å². The van der Waals surface area contributed by atoms with Crippen LogP contribution in [0.25, 0.3) is 0 Å². The number of nitrogens with one attached hydrogen (secondary N) is 1. The van der Waals surface area contributed by atoms with Crippen molar-refractivity contribution in [1.29, 1.82) is 0 Å². The highest BCUT2D eigenvalue weighted by atomic mass is 16.3. The maximum Gasteiger partial charge on any atom is 0.234 e. The predicted octanol–water partition coefficient (Wildman–Crippen LogP) is 2.59. The highest BCUT2D eigenvalue weighted by Crippen LogP contribution is 2.28. The fourth-order valence-corrected chi connectivity index (χ4v) is 4.25. The average molecular weight is 424 g/mol. The summed E-state index contributed by atoms with van der Waals surface area (Å²) in [4.78, 5) is 28.5. The lowest BCUT2D eigenvalue weighted by Crippen LogP contribution is -2.49. The van der Waals surface area contributed by atoms with Crippen molar-refractivity contribution in [3.8, 4) is 0 Å². The van der Waals surface area contributed by atoms with Crippen molar-refractivity contribution in [3.63, 3.8) is 0 Å². The molecule has 0 spiro atoms. The van der Waals surface area contributed by atoms with Gasteiger partial charge in [0, 0.05) is 39.2 Å². The van der Waals surface area contributed by atoms with Crippen LogP contribution in [0.2, 0.25) is 0 Å².